The number of aryl methyl sites for hydroxylation is 1. The summed E-state index contributed by atoms with van der Waals surface area (Å²) in [4.78, 5) is 12.2. The molecule has 3 aromatic rings. The number of carbonyl (C=O) groups excluding carboxylic acids is 1. The summed E-state index contributed by atoms with van der Waals surface area (Å²) in [6, 6.07) is 10.7. The van der Waals surface area contributed by atoms with Gasteiger partial charge in [0.15, 0.2) is 0 Å². The number of rotatable bonds is 3. The molecule has 0 radical (unpaired) electrons. The highest BCUT2D eigenvalue weighted by Crippen LogP contribution is 2.28. The van der Waals surface area contributed by atoms with E-state index in [0.717, 1.165) is 22.1 Å². The van der Waals surface area contributed by atoms with Crippen LogP contribution in [-0.4, -0.2) is 5.91 Å². The van der Waals surface area contributed by atoms with Crippen molar-refractivity contribution in [1.82, 2.24) is 0 Å². The van der Waals surface area contributed by atoms with Gasteiger partial charge in [0.1, 0.15) is 5.58 Å². The van der Waals surface area contributed by atoms with Gasteiger partial charge in [-0.3, -0.25) is 4.79 Å². The quantitative estimate of drug-likeness (QED) is 0.713. The normalized spacial score (nSPS) is 10.9. The number of anilines is 1. The molecule has 0 aliphatic heterocycles. The van der Waals surface area contributed by atoms with Gasteiger partial charge >= 0.3 is 0 Å². The monoisotopic (exact) mass is 333 g/mol. The van der Waals surface area contributed by atoms with Gasteiger partial charge in [-0.25, -0.2) is 0 Å². The molecule has 3 nitrogen and oxygen atoms in total. The molecule has 0 saturated carbocycles. The fraction of sp³-hybridized carbons (Fsp3) is 0.118. The number of fused-ring (bicyclic) bond motifs is 1. The Balaban J connectivity index is 1.81. The highest BCUT2D eigenvalue weighted by Gasteiger charge is 2.12. The van der Waals surface area contributed by atoms with Crippen LogP contribution < -0.4 is 5.32 Å². The predicted molar refractivity (Wildman–Crippen MR) is 89.7 cm³/mol. The van der Waals surface area contributed by atoms with E-state index in [1.165, 1.54) is 0 Å². The van der Waals surface area contributed by atoms with Crippen molar-refractivity contribution in [1.29, 1.82) is 0 Å². The van der Waals surface area contributed by atoms with Gasteiger partial charge in [-0.1, -0.05) is 29.3 Å². The second-order valence-electron chi connectivity index (χ2n) is 5.09. The van der Waals surface area contributed by atoms with Gasteiger partial charge in [0.2, 0.25) is 5.91 Å². The van der Waals surface area contributed by atoms with Crippen molar-refractivity contribution >= 4 is 45.8 Å². The number of halogens is 2. The third-order valence-corrected chi connectivity index (χ3v) is 4.04. The first-order chi connectivity index (χ1) is 10.5. The van der Waals surface area contributed by atoms with Gasteiger partial charge in [0.25, 0.3) is 0 Å². The van der Waals surface area contributed by atoms with Crippen molar-refractivity contribution in [3.05, 3.63) is 63.8 Å². The van der Waals surface area contributed by atoms with Gasteiger partial charge in [-0.2, -0.15) is 0 Å². The van der Waals surface area contributed by atoms with Crippen molar-refractivity contribution in [2.45, 2.75) is 13.3 Å². The number of benzene rings is 2. The molecule has 0 aliphatic rings. The number of hydrogen-bond acceptors (Lipinski definition) is 2. The van der Waals surface area contributed by atoms with E-state index in [1.807, 2.05) is 19.1 Å². The Bertz CT molecular complexity index is 855. The topological polar surface area (TPSA) is 42.2 Å². The molecule has 22 heavy (non-hydrogen) atoms. The van der Waals surface area contributed by atoms with Crippen LogP contribution >= 0.6 is 23.2 Å². The number of amides is 1. The van der Waals surface area contributed by atoms with Crippen LogP contribution in [0, 0.1) is 6.92 Å². The Morgan fingerprint density at radius 2 is 2.05 bits per heavy atom. The molecule has 1 aromatic heterocycles. The third-order valence-electron chi connectivity index (χ3n) is 3.39. The van der Waals surface area contributed by atoms with E-state index in [1.54, 1.807) is 30.5 Å². The Morgan fingerprint density at radius 1 is 1.23 bits per heavy atom. The average Bonchev–Trinajstić information content (AvgIpc) is 2.81. The smallest absolute Gasteiger partial charge is 0.228 e. The molecule has 0 spiro atoms. The van der Waals surface area contributed by atoms with Crippen LogP contribution in [0.5, 0.6) is 0 Å². The van der Waals surface area contributed by atoms with Crippen molar-refractivity contribution in [3.8, 4) is 0 Å². The fourth-order valence-electron chi connectivity index (χ4n) is 2.28. The largest absolute Gasteiger partial charge is 0.464 e. The highest BCUT2D eigenvalue weighted by atomic mass is 35.5. The van der Waals surface area contributed by atoms with Crippen LogP contribution in [0.3, 0.4) is 0 Å². The number of furan rings is 1. The van der Waals surface area contributed by atoms with Gasteiger partial charge in [-0.05, 0) is 42.8 Å². The Kier molecular flexibility index (Phi) is 4.10. The van der Waals surface area contributed by atoms with Crippen molar-refractivity contribution < 1.29 is 9.21 Å². The van der Waals surface area contributed by atoms with Crippen LogP contribution in [0.15, 0.2) is 47.1 Å². The summed E-state index contributed by atoms with van der Waals surface area (Å²) in [6.07, 6.45) is 1.80. The van der Waals surface area contributed by atoms with E-state index in [4.69, 9.17) is 27.6 Å². The molecule has 0 aliphatic carbocycles. The predicted octanol–water partition coefficient (Wildman–Crippen LogP) is 5.23. The fourth-order valence-corrected chi connectivity index (χ4v) is 2.64. The molecule has 5 heteroatoms. The molecule has 0 atom stereocenters. The molecule has 0 fully saturated rings. The van der Waals surface area contributed by atoms with Crippen molar-refractivity contribution in [2.24, 2.45) is 0 Å². The van der Waals surface area contributed by atoms with Crippen molar-refractivity contribution in [3.63, 3.8) is 0 Å². The molecule has 3 rings (SSSR count). The van der Waals surface area contributed by atoms with E-state index >= 15 is 0 Å². The zero-order valence-corrected chi connectivity index (χ0v) is 13.3. The Hall–Kier alpha value is -1.97. The summed E-state index contributed by atoms with van der Waals surface area (Å²) in [6.45, 7) is 1.91. The summed E-state index contributed by atoms with van der Waals surface area (Å²) < 4.78 is 5.50. The molecular weight excluding hydrogens is 321 g/mol. The van der Waals surface area contributed by atoms with Gasteiger partial charge in [0.05, 0.1) is 12.7 Å². The lowest BCUT2D eigenvalue weighted by Crippen LogP contribution is -2.14. The second kappa shape index (κ2) is 6.03. The maximum absolute atomic E-state index is 12.2. The maximum atomic E-state index is 12.2. The molecular formula is C17H13Cl2NO2. The molecule has 1 N–H and O–H groups in total. The Labute approximate surface area is 137 Å². The lowest BCUT2D eigenvalue weighted by molar-refractivity contribution is -0.115. The number of nitrogens with one attached hydrogen (secondary N) is 1. The molecule has 112 valence electrons. The second-order valence-corrected chi connectivity index (χ2v) is 5.94. The number of hydrogen-bond donors (Lipinski definition) is 1. The van der Waals surface area contributed by atoms with Crippen LogP contribution in [0.1, 0.15) is 11.1 Å². The summed E-state index contributed by atoms with van der Waals surface area (Å²) in [5.41, 5.74) is 3.14. The summed E-state index contributed by atoms with van der Waals surface area (Å²) in [7, 11) is 0. The minimum absolute atomic E-state index is 0.137. The summed E-state index contributed by atoms with van der Waals surface area (Å²) >= 11 is 12.0. The van der Waals surface area contributed by atoms with Gasteiger partial charge in [0, 0.05) is 26.7 Å². The average molecular weight is 334 g/mol. The van der Waals surface area contributed by atoms with E-state index in [2.05, 4.69) is 5.32 Å². The zero-order chi connectivity index (χ0) is 15.7. The summed E-state index contributed by atoms with van der Waals surface area (Å²) in [5, 5.41) is 4.91. The lowest BCUT2D eigenvalue weighted by atomic mass is 10.1. The maximum Gasteiger partial charge on any atom is 0.228 e. The van der Waals surface area contributed by atoms with Crippen LogP contribution in [-0.2, 0) is 11.2 Å². The molecule has 2 aromatic carbocycles. The van der Waals surface area contributed by atoms with E-state index in [-0.39, 0.29) is 12.3 Å². The Morgan fingerprint density at radius 3 is 2.82 bits per heavy atom. The molecule has 1 amide bonds. The SMILES string of the molecule is Cc1cc2occ(CC(=O)Nc3cccc(Cl)c3)c2cc1Cl. The van der Waals surface area contributed by atoms with Crippen LogP contribution in [0.4, 0.5) is 5.69 Å². The van der Waals surface area contributed by atoms with Crippen LogP contribution in [0.2, 0.25) is 10.0 Å². The molecule has 0 saturated heterocycles. The minimum Gasteiger partial charge on any atom is -0.464 e. The first-order valence-electron chi connectivity index (χ1n) is 6.74. The minimum atomic E-state index is -0.137. The third kappa shape index (κ3) is 3.11. The van der Waals surface area contributed by atoms with E-state index < -0.39 is 0 Å². The molecule has 0 bridgehead atoms. The molecule has 0 unspecified atom stereocenters. The lowest BCUT2D eigenvalue weighted by Gasteiger charge is -2.05. The standard InChI is InChI=1S/C17H13Cl2NO2/c1-10-5-16-14(8-15(10)19)11(9-22-16)6-17(21)20-13-4-2-3-12(18)7-13/h2-5,7-9H,6H2,1H3,(H,20,21). The van der Waals surface area contributed by atoms with E-state index in [0.29, 0.717) is 15.7 Å². The molecule has 1 heterocycles. The van der Waals surface area contributed by atoms with Gasteiger partial charge in [-0.15, -0.1) is 0 Å². The van der Waals surface area contributed by atoms with Gasteiger partial charge < -0.3 is 9.73 Å². The van der Waals surface area contributed by atoms with Crippen LogP contribution in [0.25, 0.3) is 11.0 Å². The highest BCUT2D eigenvalue weighted by molar-refractivity contribution is 6.32. The first-order valence-corrected chi connectivity index (χ1v) is 7.50. The van der Waals surface area contributed by atoms with Crippen molar-refractivity contribution in [2.75, 3.05) is 5.32 Å². The summed E-state index contributed by atoms with van der Waals surface area (Å²) in [5.74, 6) is -0.137. The number of carbonyl (C=O) groups is 1. The zero-order valence-electron chi connectivity index (χ0n) is 11.8. The van der Waals surface area contributed by atoms with E-state index in [9.17, 15) is 4.79 Å². The first kappa shape index (κ1) is 14.9.